The van der Waals surface area contributed by atoms with E-state index in [0.717, 1.165) is 11.3 Å². The van der Waals surface area contributed by atoms with Gasteiger partial charge in [0.25, 0.3) is 0 Å². The molecule has 0 atom stereocenters. The molecule has 0 N–H and O–H groups in total. The molecule has 0 radical (unpaired) electrons. The lowest BCUT2D eigenvalue weighted by atomic mass is 10.1. The Balaban J connectivity index is 2.32. The van der Waals surface area contributed by atoms with E-state index in [0.29, 0.717) is 12.5 Å². The summed E-state index contributed by atoms with van der Waals surface area (Å²) in [6, 6.07) is 4.91. The number of nitrogens with zero attached hydrogens (tertiary/aromatic N) is 1. The molecule has 6 nitrogen and oxygen atoms in total. The zero-order chi connectivity index (χ0) is 15.4. The maximum absolute atomic E-state index is 11.1. The Kier molecular flexibility index (Phi) is 4.37. The third-order valence-electron chi connectivity index (χ3n) is 2.54. The van der Waals surface area contributed by atoms with Gasteiger partial charge in [-0.2, -0.15) is 0 Å². The van der Waals surface area contributed by atoms with Gasteiger partial charge in [0.1, 0.15) is 6.61 Å². The van der Waals surface area contributed by atoms with E-state index in [1.807, 2.05) is 0 Å². The Bertz CT molecular complexity index is 645. The van der Waals surface area contributed by atoms with Crippen LogP contribution in [0.5, 0.6) is 11.5 Å². The van der Waals surface area contributed by atoms with E-state index in [4.69, 9.17) is 14.2 Å². The summed E-state index contributed by atoms with van der Waals surface area (Å²) in [5, 5.41) is 0. The molecule has 21 heavy (non-hydrogen) atoms. The summed E-state index contributed by atoms with van der Waals surface area (Å²) in [4.78, 5) is 26.4. The quantitative estimate of drug-likeness (QED) is 0.630. The summed E-state index contributed by atoms with van der Waals surface area (Å²) in [7, 11) is 0. The zero-order valence-corrected chi connectivity index (χ0v) is 12.0. The summed E-state index contributed by atoms with van der Waals surface area (Å²) in [5.74, 6) is 0.0112. The fourth-order valence-electron chi connectivity index (χ4n) is 1.80. The van der Waals surface area contributed by atoms with Crippen LogP contribution in [0.1, 0.15) is 26.3 Å². The van der Waals surface area contributed by atoms with Crippen LogP contribution in [0.3, 0.4) is 0 Å². The van der Waals surface area contributed by atoms with Crippen molar-refractivity contribution in [3.8, 4) is 11.5 Å². The highest BCUT2D eigenvalue weighted by molar-refractivity contribution is 5.78. The minimum absolute atomic E-state index is 0.187. The molecular formula is C15H15NO5. The molecule has 2 rings (SSSR count). The highest BCUT2D eigenvalue weighted by atomic mass is 16.6. The average molecular weight is 289 g/mol. The highest BCUT2D eigenvalue weighted by Gasteiger charge is 2.12. The maximum Gasteiger partial charge on any atom is 0.308 e. The number of benzene rings is 1. The minimum Gasteiger partial charge on any atom is -0.474 e. The van der Waals surface area contributed by atoms with Crippen LogP contribution in [0.4, 0.5) is 0 Å². The van der Waals surface area contributed by atoms with E-state index >= 15 is 0 Å². The Labute approximate surface area is 122 Å². The van der Waals surface area contributed by atoms with E-state index < -0.39 is 11.9 Å². The van der Waals surface area contributed by atoms with Gasteiger partial charge in [-0.15, -0.1) is 0 Å². The fraction of sp³-hybridized carbons (Fsp3) is 0.267. The number of carbonyl (C=O) groups excluding carboxylic acids is 2. The smallest absolute Gasteiger partial charge is 0.308 e. The van der Waals surface area contributed by atoms with Crippen molar-refractivity contribution in [1.29, 1.82) is 0 Å². The van der Waals surface area contributed by atoms with Crippen LogP contribution in [-0.4, -0.2) is 24.4 Å². The molecule has 6 heteroatoms. The molecule has 0 spiro atoms. The average Bonchev–Trinajstić information content (AvgIpc) is 2.77. The number of ether oxygens (including phenoxy) is 3. The largest absolute Gasteiger partial charge is 0.474 e. The highest BCUT2D eigenvalue weighted by Crippen LogP contribution is 2.30. The van der Waals surface area contributed by atoms with Gasteiger partial charge in [-0.05, 0) is 23.8 Å². The van der Waals surface area contributed by atoms with Crippen LogP contribution in [0.15, 0.2) is 28.9 Å². The molecule has 0 aromatic heterocycles. The predicted octanol–water partition coefficient (Wildman–Crippen LogP) is 2.33. The number of hydrogen-bond donors (Lipinski definition) is 0. The van der Waals surface area contributed by atoms with E-state index in [9.17, 15) is 9.59 Å². The predicted molar refractivity (Wildman–Crippen MR) is 76.1 cm³/mol. The van der Waals surface area contributed by atoms with Gasteiger partial charge >= 0.3 is 11.9 Å². The standard InChI is InChI=1S/C15H15NO5/c1-9-16-13(8-19-9)6-12-4-5-14(20-10(2)17)15(7-12)21-11(3)18/h4-7H,8H2,1-3H3. The van der Waals surface area contributed by atoms with Gasteiger partial charge in [-0.25, -0.2) is 4.99 Å². The first-order chi connectivity index (χ1) is 9.94. The number of aliphatic imine (C=N–C) groups is 1. The molecule has 0 aliphatic carbocycles. The first-order valence-electron chi connectivity index (χ1n) is 6.33. The van der Waals surface area contributed by atoms with Crippen LogP contribution in [0.25, 0.3) is 6.08 Å². The van der Waals surface area contributed by atoms with Crippen molar-refractivity contribution in [3.63, 3.8) is 0 Å². The zero-order valence-electron chi connectivity index (χ0n) is 12.0. The summed E-state index contributed by atoms with van der Waals surface area (Å²) in [6.07, 6.45) is 1.81. The number of rotatable bonds is 3. The van der Waals surface area contributed by atoms with Gasteiger partial charge in [0.15, 0.2) is 17.4 Å². The molecule has 0 amide bonds. The number of esters is 2. The van der Waals surface area contributed by atoms with Crippen LogP contribution in [0, 0.1) is 0 Å². The van der Waals surface area contributed by atoms with E-state index in [1.54, 1.807) is 31.2 Å². The lowest BCUT2D eigenvalue weighted by Gasteiger charge is -2.09. The molecule has 0 fully saturated rings. The molecule has 0 bridgehead atoms. The first kappa shape index (κ1) is 14.8. The first-order valence-corrected chi connectivity index (χ1v) is 6.33. The number of hydrogen-bond acceptors (Lipinski definition) is 6. The van der Waals surface area contributed by atoms with Crippen LogP contribution < -0.4 is 9.47 Å². The van der Waals surface area contributed by atoms with E-state index in [1.165, 1.54) is 13.8 Å². The van der Waals surface area contributed by atoms with Crippen molar-refractivity contribution >= 4 is 23.9 Å². The Morgan fingerprint density at radius 3 is 2.43 bits per heavy atom. The summed E-state index contributed by atoms with van der Waals surface area (Å²) in [6.45, 7) is 4.73. The molecule has 1 aromatic carbocycles. The lowest BCUT2D eigenvalue weighted by Crippen LogP contribution is -2.07. The molecule has 1 aliphatic heterocycles. The summed E-state index contributed by atoms with van der Waals surface area (Å²) < 4.78 is 15.3. The summed E-state index contributed by atoms with van der Waals surface area (Å²) >= 11 is 0. The van der Waals surface area contributed by atoms with Gasteiger partial charge < -0.3 is 14.2 Å². The van der Waals surface area contributed by atoms with Gasteiger partial charge in [-0.3, -0.25) is 9.59 Å². The van der Waals surface area contributed by atoms with Gasteiger partial charge in [0, 0.05) is 20.8 Å². The summed E-state index contributed by atoms with van der Waals surface area (Å²) in [5.41, 5.74) is 1.53. The van der Waals surface area contributed by atoms with E-state index in [-0.39, 0.29) is 11.5 Å². The molecular weight excluding hydrogens is 274 g/mol. The van der Waals surface area contributed by atoms with Gasteiger partial charge in [-0.1, -0.05) is 6.07 Å². The van der Waals surface area contributed by atoms with Crippen molar-refractivity contribution in [2.45, 2.75) is 20.8 Å². The Morgan fingerprint density at radius 1 is 1.19 bits per heavy atom. The molecule has 1 aliphatic rings. The third-order valence-corrected chi connectivity index (χ3v) is 2.54. The monoisotopic (exact) mass is 289 g/mol. The number of carbonyl (C=O) groups is 2. The van der Waals surface area contributed by atoms with E-state index in [2.05, 4.69) is 4.99 Å². The molecule has 0 saturated heterocycles. The second-order valence-electron chi connectivity index (χ2n) is 4.45. The van der Waals surface area contributed by atoms with Crippen LogP contribution >= 0.6 is 0 Å². The molecule has 110 valence electrons. The second kappa shape index (κ2) is 6.21. The van der Waals surface area contributed by atoms with Gasteiger partial charge in [0.2, 0.25) is 0 Å². The molecule has 0 saturated carbocycles. The SMILES string of the molecule is CC(=O)Oc1ccc(C=C2COC(C)=N2)cc1OC(C)=O. The molecule has 0 unspecified atom stereocenters. The fourth-order valence-corrected chi connectivity index (χ4v) is 1.80. The van der Waals surface area contributed by atoms with Crippen LogP contribution in [-0.2, 0) is 14.3 Å². The van der Waals surface area contributed by atoms with Crippen molar-refractivity contribution in [3.05, 3.63) is 29.5 Å². The topological polar surface area (TPSA) is 74.2 Å². The lowest BCUT2D eigenvalue weighted by molar-refractivity contribution is -0.134. The third kappa shape index (κ3) is 4.17. The minimum atomic E-state index is -0.494. The second-order valence-corrected chi connectivity index (χ2v) is 4.45. The Morgan fingerprint density at radius 2 is 1.86 bits per heavy atom. The Hall–Kier alpha value is -2.63. The van der Waals surface area contributed by atoms with Crippen molar-refractivity contribution < 1.29 is 23.8 Å². The normalized spacial score (nSPS) is 15.4. The van der Waals surface area contributed by atoms with Crippen LogP contribution in [0.2, 0.25) is 0 Å². The van der Waals surface area contributed by atoms with Gasteiger partial charge in [0.05, 0.1) is 5.70 Å². The van der Waals surface area contributed by atoms with Crippen molar-refractivity contribution in [2.75, 3.05) is 6.61 Å². The maximum atomic E-state index is 11.1. The van der Waals surface area contributed by atoms with Crippen molar-refractivity contribution in [1.82, 2.24) is 0 Å². The molecule has 1 aromatic rings. The molecule has 1 heterocycles. The van der Waals surface area contributed by atoms with Crippen molar-refractivity contribution in [2.24, 2.45) is 4.99 Å².